The number of benzene rings is 2. The normalized spacial score (nSPS) is 10.9. The van der Waals surface area contributed by atoms with Crippen molar-refractivity contribution >= 4 is 23.8 Å². The Balaban J connectivity index is 2.05. The Bertz CT molecular complexity index is 1000. The molecule has 2 N–H and O–H groups in total. The van der Waals surface area contributed by atoms with Crippen LogP contribution < -0.4 is 0 Å². The number of H-pyrrole nitrogens is 1. The second kappa shape index (κ2) is 7.70. The van der Waals surface area contributed by atoms with Crippen molar-refractivity contribution in [2.45, 2.75) is 6.92 Å². The maximum Gasteiger partial charge on any atom is 0.340 e. The highest BCUT2D eigenvalue weighted by Gasteiger charge is 2.22. The van der Waals surface area contributed by atoms with Gasteiger partial charge in [0.1, 0.15) is 0 Å². The number of nitrogens with zero attached hydrogens (tertiary/aromatic N) is 1. The van der Waals surface area contributed by atoms with Gasteiger partial charge >= 0.3 is 11.9 Å². The zero-order chi connectivity index (χ0) is 19.4. The summed E-state index contributed by atoms with van der Waals surface area (Å²) in [6.07, 6.45) is 1.62. The van der Waals surface area contributed by atoms with E-state index in [0.29, 0.717) is 28.2 Å². The van der Waals surface area contributed by atoms with Gasteiger partial charge in [0.2, 0.25) is 0 Å². The molecule has 0 bridgehead atoms. The molecule has 0 radical (unpaired) electrons. The first-order valence-electron chi connectivity index (χ1n) is 8.25. The Kier molecular flexibility index (Phi) is 5.17. The Morgan fingerprint density at radius 3 is 2.33 bits per heavy atom. The minimum absolute atomic E-state index is 0.197. The number of aromatic nitrogens is 1. The minimum Gasteiger partial charge on any atom is -0.478 e. The highest BCUT2D eigenvalue weighted by molar-refractivity contribution is 6.04. The first kappa shape index (κ1) is 18.1. The molecule has 6 heteroatoms. The van der Waals surface area contributed by atoms with E-state index in [0.717, 1.165) is 5.56 Å². The van der Waals surface area contributed by atoms with Gasteiger partial charge in [0, 0.05) is 11.3 Å². The summed E-state index contributed by atoms with van der Waals surface area (Å²) in [5.41, 5.74) is 4.19. The molecule has 0 unspecified atom stereocenters. The molecule has 0 fully saturated rings. The second-order valence-corrected chi connectivity index (χ2v) is 5.88. The molecule has 1 heterocycles. The molecule has 136 valence electrons. The standard InChI is InChI=1S/C21H18N2O4/c1-13-18(21(26)27-2)19(14-6-4-3-5-7-14)17(23-13)12-22-16-10-8-15(9-11-16)20(24)25/h3-12,23H,1-2H3,(H,24,25). The van der Waals surface area contributed by atoms with Gasteiger partial charge in [-0.25, -0.2) is 9.59 Å². The molecule has 0 aliphatic rings. The summed E-state index contributed by atoms with van der Waals surface area (Å²) < 4.78 is 4.93. The van der Waals surface area contributed by atoms with Crippen LogP contribution in [0.4, 0.5) is 5.69 Å². The van der Waals surface area contributed by atoms with Crippen molar-refractivity contribution < 1.29 is 19.4 Å². The van der Waals surface area contributed by atoms with E-state index in [1.807, 2.05) is 30.3 Å². The summed E-state index contributed by atoms with van der Waals surface area (Å²) in [6.45, 7) is 1.80. The zero-order valence-corrected chi connectivity index (χ0v) is 14.9. The van der Waals surface area contributed by atoms with Gasteiger partial charge in [-0.2, -0.15) is 0 Å². The van der Waals surface area contributed by atoms with Crippen LogP contribution in [0.2, 0.25) is 0 Å². The molecule has 6 nitrogen and oxygen atoms in total. The molecule has 3 aromatic rings. The number of hydrogen-bond acceptors (Lipinski definition) is 4. The van der Waals surface area contributed by atoms with Crippen molar-refractivity contribution in [2.75, 3.05) is 7.11 Å². The lowest BCUT2D eigenvalue weighted by atomic mass is 10.0. The Labute approximate surface area is 156 Å². The van der Waals surface area contributed by atoms with Crippen LogP contribution >= 0.6 is 0 Å². The number of esters is 1. The summed E-state index contributed by atoms with van der Waals surface area (Å²) in [4.78, 5) is 30.8. The van der Waals surface area contributed by atoms with E-state index < -0.39 is 11.9 Å². The van der Waals surface area contributed by atoms with Gasteiger partial charge in [0.05, 0.1) is 35.8 Å². The highest BCUT2D eigenvalue weighted by atomic mass is 16.5. The van der Waals surface area contributed by atoms with Crippen molar-refractivity contribution in [3.8, 4) is 11.1 Å². The van der Waals surface area contributed by atoms with E-state index >= 15 is 0 Å². The van der Waals surface area contributed by atoms with Crippen molar-refractivity contribution in [2.24, 2.45) is 4.99 Å². The molecular weight excluding hydrogens is 344 g/mol. The molecule has 2 aromatic carbocycles. The monoisotopic (exact) mass is 362 g/mol. The second-order valence-electron chi connectivity index (χ2n) is 5.88. The van der Waals surface area contributed by atoms with E-state index in [2.05, 4.69) is 9.98 Å². The van der Waals surface area contributed by atoms with Crippen LogP contribution in [0.5, 0.6) is 0 Å². The summed E-state index contributed by atoms with van der Waals surface area (Å²) in [5, 5.41) is 8.97. The smallest absolute Gasteiger partial charge is 0.340 e. The fourth-order valence-corrected chi connectivity index (χ4v) is 2.84. The molecule has 27 heavy (non-hydrogen) atoms. The van der Waals surface area contributed by atoms with Gasteiger partial charge in [0.25, 0.3) is 0 Å². The number of aromatic carboxylic acids is 1. The summed E-state index contributed by atoms with van der Waals surface area (Å²) in [6, 6.07) is 15.7. The molecule has 0 amide bonds. The lowest BCUT2D eigenvalue weighted by molar-refractivity contribution is 0.0600. The molecule has 0 aliphatic carbocycles. The third kappa shape index (κ3) is 3.79. The number of methoxy groups -OCH3 is 1. The molecule has 0 saturated heterocycles. The number of ether oxygens (including phenoxy) is 1. The number of carboxylic acid groups (broad SMARTS) is 1. The van der Waals surface area contributed by atoms with Crippen LogP contribution in [0, 0.1) is 6.92 Å². The SMILES string of the molecule is COC(=O)c1c(C)[nH]c(C=Nc2ccc(C(=O)O)cc2)c1-c1ccccc1. The van der Waals surface area contributed by atoms with Crippen molar-refractivity contribution in [3.63, 3.8) is 0 Å². The van der Waals surface area contributed by atoms with E-state index in [4.69, 9.17) is 9.84 Å². The molecular formula is C21H18N2O4. The zero-order valence-electron chi connectivity index (χ0n) is 14.9. The van der Waals surface area contributed by atoms with Crippen molar-refractivity contribution in [1.29, 1.82) is 0 Å². The average molecular weight is 362 g/mol. The maximum atomic E-state index is 12.3. The molecule has 0 saturated carbocycles. The van der Waals surface area contributed by atoms with Gasteiger partial charge in [-0.15, -0.1) is 0 Å². The number of carboxylic acids is 1. The summed E-state index contributed by atoms with van der Waals surface area (Å²) in [7, 11) is 1.35. The maximum absolute atomic E-state index is 12.3. The third-order valence-corrected chi connectivity index (χ3v) is 4.13. The number of aliphatic imine (C=N–C) groups is 1. The van der Waals surface area contributed by atoms with Crippen LogP contribution in [0.3, 0.4) is 0 Å². The Morgan fingerprint density at radius 1 is 1.07 bits per heavy atom. The topological polar surface area (TPSA) is 91.8 Å². The largest absolute Gasteiger partial charge is 0.478 e. The van der Waals surface area contributed by atoms with Gasteiger partial charge < -0.3 is 14.8 Å². The van der Waals surface area contributed by atoms with Gasteiger partial charge in [0.15, 0.2) is 0 Å². The minimum atomic E-state index is -0.986. The number of hydrogen-bond donors (Lipinski definition) is 2. The molecule has 0 aliphatic heterocycles. The van der Waals surface area contributed by atoms with Crippen LogP contribution in [0.15, 0.2) is 59.6 Å². The number of carbonyl (C=O) groups excluding carboxylic acids is 1. The average Bonchev–Trinajstić information content (AvgIpc) is 3.03. The van der Waals surface area contributed by atoms with Crippen LogP contribution in [-0.2, 0) is 4.74 Å². The van der Waals surface area contributed by atoms with Gasteiger partial charge in [-0.05, 0) is 36.8 Å². The molecule has 0 atom stereocenters. The van der Waals surface area contributed by atoms with Gasteiger partial charge in [-0.3, -0.25) is 4.99 Å². The van der Waals surface area contributed by atoms with E-state index in [9.17, 15) is 9.59 Å². The van der Waals surface area contributed by atoms with Crippen molar-refractivity contribution in [1.82, 2.24) is 4.98 Å². The Morgan fingerprint density at radius 2 is 1.74 bits per heavy atom. The highest BCUT2D eigenvalue weighted by Crippen LogP contribution is 2.30. The van der Waals surface area contributed by atoms with E-state index in [-0.39, 0.29) is 5.56 Å². The van der Waals surface area contributed by atoms with Crippen molar-refractivity contribution in [3.05, 3.63) is 77.1 Å². The van der Waals surface area contributed by atoms with Crippen LogP contribution in [0.25, 0.3) is 11.1 Å². The molecule has 1 aromatic heterocycles. The van der Waals surface area contributed by atoms with Gasteiger partial charge in [-0.1, -0.05) is 30.3 Å². The number of aryl methyl sites for hydroxylation is 1. The van der Waals surface area contributed by atoms with E-state index in [1.165, 1.54) is 19.2 Å². The molecule has 3 rings (SSSR count). The lowest BCUT2D eigenvalue weighted by Gasteiger charge is -2.05. The summed E-state index contributed by atoms with van der Waals surface area (Å²) >= 11 is 0. The number of carbonyl (C=O) groups is 2. The van der Waals surface area contributed by atoms with Crippen LogP contribution in [-0.4, -0.2) is 35.4 Å². The quantitative estimate of drug-likeness (QED) is 0.525. The fourth-order valence-electron chi connectivity index (χ4n) is 2.84. The Hall–Kier alpha value is -3.67. The molecule has 0 spiro atoms. The number of rotatable bonds is 5. The first-order valence-corrected chi connectivity index (χ1v) is 8.25. The summed E-state index contributed by atoms with van der Waals surface area (Å²) in [5.74, 6) is -1.41. The number of aromatic amines is 1. The van der Waals surface area contributed by atoms with Crippen LogP contribution in [0.1, 0.15) is 32.1 Å². The third-order valence-electron chi connectivity index (χ3n) is 4.13. The predicted octanol–water partition coefficient (Wildman–Crippen LogP) is 4.23. The van der Waals surface area contributed by atoms with E-state index in [1.54, 1.807) is 25.3 Å². The number of nitrogens with one attached hydrogen (secondary N) is 1. The predicted molar refractivity (Wildman–Crippen MR) is 103 cm³/mol. The fraction of sp³-hybridized carbons (Fsp3) is 0.0952. The first-order chi connectivity index (χ1) is 13.0. The lowest BCUT2D eigenvalue weighted by Crippen LogP contribution is -2.03.